The molecule has 0 atom stereocenters. The Hall–Kier alpha value is -4.28. The van der Waals surface area contributed by atoms with Crippen LogP contribution in [0.25, 0.3) is 0 Å². The average Bonchev–Trinajstić information content (AvgIpc) is 2.81. The number of benzene rings is 2. The molecule has 11 heteroatoms. The highest BCUT2D eigenvalue weighted by atomic mass is 19.3. The fourth-order valence-corrected chi connectivity index (χ4v) is 2.89. The molecule has 0 aliphatic heterocycles. The monoisotopic (exact) mass is 459 g/mol. The van der Waals surface area contributed by atoms with E-state index in [0.717, 1.165) is 24.9 Å². The minimum Gasteiger partial charge on any atom is -0.493 e. The predicted molar refractivity (Wildman–Crippen MR) is 112 cm³/mol. The smallest absolute Gasteiger partial charge is 0.387 e. The maximum absolute atomic E-state index is 12.6. The Labute approximate surface area is 187 Å². The van der Waals surface area contributed by atoms with Gasteiger partial charge in [-0.3, -0.25) is 19.9 Å². The van der Waals surface area contributed by atoms with Crippen LogP contribution < -0.4 is 19.5 Å². The second-order valence-electron chi connectivity index (χ2n) is 6.60. The number of hydrogen-bond acceptors (Lipinski definition) is 7. The van der Waals surface area contributed by atoms with Gasteiger partial charge in [-0.1, -0.05) is 18.2 Å². The molecule has 33 heavy (non-hydrogen) atoms. The largest absolute Gasteiger partial charge is 0.493 e. The molecule has 0 saturated heterocycles. The molecule has 0 aliphatic rings. The zero-order valence-corrected chi connectivity index (χ0v) is 17.4. The number of carbonyl (C=O) groups is 1. The summed E-state index contributed by atoms with van der Waals surface area (Å²) < 4.78 is 40.0. The first-order chi connectivity index (χ1) is 15.9. The second-order valence-corrected chi connectivity index (χ2v) is 6.60. The third kappa shape index (κ3) is 6.35. The van der Waals surface area contributed by atoms with Gasteiger partial charge in [0.15, 0.2) is 11.5 Å². The molecular formula is C22H19F2N3O6. The summed E-state index contributed by atoms with van der Waals surface area (Å²) in [4.78, 5) is 27.3. The number of pyridine rings is 1. The van der Waals surface area contributed by atoms with E-state index in [4.69, 9.17) is 9.47 Å². The first-order valence-corrected chi connectivity index (χ1v) is 9.58. The highest BCUT2D eigenvalue weighted by molar-refractivity contribution is 5.99. The minimum atomic E-state index is -3.22. The summed E-state index contributed by atoms with van der Waals surface area (Å²) in [5, 5.41) is 14.0. The van der Waals surface area contributed by atoms with Gasteiger partial charge in [0.05, 0.1) is 23.8 Å². The lowest BCUT2D eigenvalue weighted by atomic mass is 10.1. The van der Waals surface area contributed by atoms with Crippen molar-refractivity contribution in [2.75, 3.05) is 7.11 Å². The maximum atomic E-state index is 12.6. The van der Waals surface area contributed by atoms with Gasteiger partial charge >= 0.3 is 6.61 Å². The summed E-state index contributed by atoms with van der Waals surface area (Å²) in [7, 11) is 1.16. The van der Waals surface area contributed by atoms with E-state index >= 15 is 0 Å². The maximum Gasteiger partial charge on any atom is 0.387 e. The number of aromatic nitrogens is 1. The van der Waals surface area contributed by atoms with Crippen molar-refractivity contribution in [2.45, 2.75) is 19.8 Å². The normalized spacial score (nSPS) is 10.5. The highest BCUT2D eigenvalue weighted by Crippen LogP contribution is 2.35. The first kappa shape index (κ1) is 23.4. The Morgan fingerprint density at radius 1 is 1.15 bits per heavy atom. The number of amides is 1. The van der Waals surface area contributed by atoms with Gasteiger partial charge in [-0.2, -0.15) is 8.78 Å². The molecule has 2 aromatic carbocycles. The second kappa shape index (κ2) is 10.8. The SMILES string of the molecule is COc1cc(C(=O)NCc2cccc(OCc3ccccn3)c2)c([N+](=O)[O-])cc1OC(F)F. The van der Waals surface area contributed by atoms with Crippen LogP contribution in [0, 0.1) is 10.1 Å². The molecule has 0 fully saturated rings. The van der Waals surface area contributed by atoms with Gasteiger partial charge in [0.2, 0.25) is 0 Å². The molecule has 0 spiro atoms. The van der Waals surface area contributed by atoms with Crippen molar-refractivity contribution < 1.29 is 32.7 Å². The number of nitro benzene ring substituents is 1. The van der Waals surface area contributed by atoms with Crippen LogP contribution in [-0.4, -0.2) is 29.5 Å². The molecule has 9 nitrogen and oxygen atoms in total. The molecule has 172 valence electrons. The van der Waals surface area contributed by atoms with Crippen LogP contribution in [0.4, 0.5) is 14.5 Å². The zero-order valence-electron chi connectivity index (χ0n) is 17.4. The van der Waals surface area contributed by atoms with Crippen molar-refractivity contribution in [3.8, 4) is 17.2 Å². The van der Waals surface area contributed by atoms with Gasteiger partial charge < -0.3 is 19.5 Å². The highest BCUT2D eigenvalue weighted by Gasteiger charge is 2.25. The molecule has 0 aliphatic carbocycles. The van der Waals surface area contributed by atoms with Crippen LogP contribution in [-0.2, 0) is 13.2 Å². The summed E-state index contributed by atoms with van der Waals surface area (Å²) in [5.74, 6) is -1.03. The van der Waals surface area contributed by atoms with E-state index in [1.54, 1.807) is 36.5 Å². The van der Waals surface area contributed by atoms with Crippen LogP contribution in [0.2, 0.25) is 0 Å². The summed E-state index contributed by atoms with van der Waals surface area (Å²) in [6.07, 6.45) is 1.66. The minimum absolute atomic E-state index is 0.0361. The number of nitrogens with zero attached hydrogens (tertiary/aromatic N) is 2. The molecule has 3 aromatic rings. The first-order valence-electron chi connectivity index (χ1n) is 9.58. The Bertz CT molecular complexity index is 1130. The zero-order chi connectivity index (χ0) is 23.8. The van der Waals surface area contributed by atoms with Crippen LogP contribution >= 0.6 is 0 Å². The Kier molecular flexibility index (Phi) is 7.68. The number of rotatable bonds is 10. The van der Waals surface area contributed by atoms with Crippen molar-refractivity contribution in [1.29, 1.82) is 0 Å². The van der Waals surface area contributed by atoms with Gasteiger partial charge in [-0.05, 0) is 29.8 Å². The average molecular weight is 459 g/mol. The quantitative estimate of drug-likeness (QED) is 0.359. The van der Waals surface area contributed by atoms with E-state index in [9.17, 15) is 23.7 Å². The lowest BCUT2D eigenvalue weighted by Gasteiger charge is -2.12. The lowest BCUT2D eigenvalue weighted by molar-refractivity contribution is -0.385. The molecule has 0 bridgehead atoms. The fourth-order valence-electron chi connectivity index (χ4n) is 2.89. The van der Waals surface area contributed by atoms with Crippen LogP contribution in [0.5, 0.6) is 17.2 Å². The summed E-state index contributed by atoms with van der Waals surface area (Å²) in [5.41, 5.74) is 0.364. The molecular weight excluding hydrogens is 440 g/mol. The number of hydrogen-bond donors (Lipinski definition) is 1. The van der Waals surface area contributed by atoms with Crippen LogP contribution in [0.15, 0.2) is 60.8 Å². The third-order valence-corrected chi connectivity index (χ3v) is 4.40. The van der Waals surface area contributed by atoms with Gasteiger partial charge in [0, 0.05) is 18.8 Å². The number of methoxy groups -OCH3 is 1. The molecule has 1 heterocycles. The number of halogens is 2. The number of ether oxygens (including phenoxy) is 3. The van der Waals surface area contributed by atoms with E-state index < -0.39 is 28.9 Å². The molecule has 3 rings (SSSR count). The fraction of sp³-hybridized carbons (Fsp3) is 0.182. The molecule has 1 aromatic heterocycles. The predicted octanol–water partition coefficient (Wildman–Crippen LogP) is 4.11. The molecule has 0 saturated carbocycles. The van der Waals surface area contributed by atoms with E-state index in [1.165, 1.54) is 0 Å². The third-order valence-electron chi connectivity index (χ3n) is 4.40. The van der Waals surface area contributed by atoms with Crippen molar-refractivity contribution in [3.63, 3.8) is 0 Å². The Morgan fingerprint density at radius 3 is 2.64 bits per heavy atom. The Morgan fingerprint density at radius 2 is 1.97 bits per heavy atom. The van der Waals surface area contributed by atoms with E-state index in [-0.39, 0.29) is 24.5 Å². The lowest BCUT2D eigenvalue weighted by Crippen LogP contribution is -2.24. The van der Waals surface area contributed by atoms with Crippen molar-refractivity contribution >= 4 is 11.6 Å². The molecule has 0 radical (unpaired) electrons. The van der Waals surface area contributed by atoms with Crippen molar-refractivity contribution in [2.24, 2.45) is 0 Å². The summed E-state index contributed by atoms with van der Waals surface area (Å²) >= 11 is 0. The van der Waals surface area contributed by atoms with Gasteiger partial charge in [0.1, 0.15) is 17.9 Å². The summed E-state index contributed by atoms with van der Waals surface area (Å²) in [6, 6.07) is 14.1. The Balaban J connectivity index is 1.72. The number of nitrogens with one attached hydrogen (secondary N) is 1. The van der Waals surface area contributed by atoms with E-state index in [1.807, 2.05) is 12.1 Å². The van der Waals surface area contributed by atoms with E-state index in [0.29, 0.717) is 11.3 Å². The molecule has 1 amide bonds. The van der Waals surface area contributed by atoms with E-state index in [2.05, 4.69) is 15.0 Å². The molecule has 1 N–H and O–H groups in total. The van der Waals surface area contributed by atoms with Gasteiger partial charge in [-0.15, -0.1) is 0 Å². The van der Waals surface area contributed by atoms with Gasteiger partial charge in [-0.25, -0.2) is 0 Å². The topological polar surface area (TPSA) is 113 Å². The van der Waals surface area contributed by atoms with Gasteiger partial charge in [0.25, 0.3) is 11.6 Å². The number of carbonyl (C=O) groups excluding carboxylic acids is 1. The standard InChI is InChI=1S/C22H19F2N3O6/c1-31-19-10-17(18(27(29)30)11-20(19)33-22(23)24)21(28)26-12-14-5-4-7-16(9-14)32-13-15-6-2-3-8-25-15/h2-11,22H,12-13H2,1H3,(H,26,28). The number of alkyl halides is 2. The number of nitro groups is 1. The van der Waals surface area contributed by atoms with Crippen molar-refractivity contribution in [1.82, 2.24) is 10.3 Å². The van der Waals surface area contributed by atoms with Crippen LogP contribution in [0.3, 0.4) is 0 Å². The molecule has 0 unspecified atom stereocenters. The summed E-state index contributed by atoms with van der Waals surface area (Å²) in [6.45, 7) is -2.92. The van der Waals surface area contributed by atoms with Crippen LogP contribution in [0.1, 0.15) is 21.6 Å². The van der Waals surface area contributed by atoms with Crippen molar-refractivity contribution in [3.05, 3.63) is 87.7 Å².